The summed E-state index contributed by atoms with van der Waals surface area (Å²) in [5.41, 5.74) is 1.86. The van der Waals surface area contributed by atoms with Gasteiger partial charge in [-0.3, -0.25) is 4.98 Å². The molecule has 0 spiro atoms. The highest BCUT2D eigenvalue weighted by Gasteiger charge is 2.24. The van der Waals surface area contributed by atoms with Gasteiger partial charge in [-0.2, -0.15) is 5.26 Å². The van der Waals surface area contributed by atoms with E-state index < -0.39 is 17.6 Å². The zero-order chi connectivity index (χ0) is 29.2. The lowest BCUT2D eigenvalue weighted by Crippen LogP contribution is -2.32. The quantitative estimate of drug-likeness (QED) is 0.268. The van der Waals surface area contributed by atoms with Crippen molar-refractivity contribution in [2.24, 2.45) is 0 Å². The van der Waals surface area contributed by atoms with Crippen LogP contribution in [0.25, 0.3) is 22.4 Å². The molecule has 0 bridgehead atoms. The molecule has 12 heteroatoms. The summed E-state index contributed by atoms with van der Waals surface area (Å²) >= 11 is 0. The summed E-state index contributed by atoms with van der Waals surface area (Å²) in [6, 6.07) is 15.1. The van der Waals surface area contributed by atoms with Crippen molar-refractivity contribution >= 4 is 17.1 Å². The molecule has 0 unspecified atom stereocenters. The normalized spacial score (nSPS) is 14.4. The third-order valence-corrected chi connectivity index (χ3v) is 6.88. The highest BCUT2D eigenvalue weighted by molar-refractivity contribution is 5.88. The molecule has 6 rings (SSSR count). The van der Waals surface area contributed by atoms with E-state index in [9.17, 15) is 9.90 Å². The molecule has 1 aliphatic rings. The Balaban J connectivity index is 1.26. The van der Waals surface area contributed by atoms with Crippen molar-refractivity contribution < 1.29 is 28.2 Å². The van der Waals surface area contributed by atoms with Gasteiger partial charge in [0.05, 0.1) is 29.6 Å². The Hall–Kier alpha value is -5.28. The number of fused-ring (bicyclic) bond motifs is 1. The van der Waals surface area contributed by atoms with E-state index in [-0.39, 0.29) is 47.5 Å². The summed E-state index contributed by atoms with van der Waals surface area (Å²) < 4.78 is 43.7. The van der Waals surface area contributed by atoms with Crippen LogP contribution in [-0.2, 0) is 24.3 Å². The molecule has 5 heterocycles. The number of imidazole rings is 1. The van der Waals surface area contributed by atoms with E-state index in [1.165, 1.54) is 12.3 Å². The van der Waals surface area contributed by atoms with Crippen LogP contribution in [0, 0.1) is 23.0 Å². The highest BCUT2D eigenvalue weighted by Crippen LogP contribution is 2.28. The number of nitrogens with zero attached hydrogens (tertiary/aromatic N) is 6. The van der Waals surface area contributed by atoms with Crippen molar-refractivity contribution in [3.8, 4) is 23.2 Å². The Morgan fingerprint density at radius 3 is 2.69 bits per heavy atom. The first-order valence-electron chi connectivity index (χ1n) is 13.0. The van der Waals surface area contributed by atoms with Gasteiger partial charge in [0, 0.05) is 30.9 Å². The van der Waals surface area contributed by atoms with Crippen LogP contribution < -0.4 is 4.74 Å². The highest BCUT2D eigenvalue weighted by atomic mass is 19.1. The maximum Gasteiger partial charge on any atom is 0.354 e. The van der Waals surface area contributed by atoms with Crippen molar-refractivity contribution in [1.29, 1.82) is 5.26 Å². The predicted octanol–water partition coefficient (Wildman–Crippen LogP) is 4.70. The number of aromatic nitrogens is 5. The Morgan fingerprint density at radius 2 is 1.98 bits per heavy atom. The second-order valence-electron chi connectivity index (χ2n) is 9.66. The van der Waals surface area contributed by atoms with Crippen LogP contribution in [0.4, 0.5) is 8.78 Å². The molecule has 42 heavy (non-hydrogen) atoms. The fourth-order valence-electron chi connectivity index (χ4n) is 4.59. The standard InChI is InChI=1S/C30H22F2N6O4/c31-22-12-21(24-2-1-3-28(36-24)42-16-19-5-4-17(13-33)14-34-19)23(32)10-18(22)11-27-35-25-6-7-26(30(39)40)37-29(25)38(27)15-20-8-9-41-20/h1-7,10,12,14,20H,8-9,11,15-16H2,(H,39,40)/t20-/m0/s1. The monoisotopic (exact) mass is 568 g/mol. The lowest BCUT2D eigenvalue weighted by atomic mass is 10.0. The number of benzene rings is 1. The first kappa shape index (κ1) is 26.9. The van der Waals surface area contributed by atoms with Crippen molar-refractivity contribution in [3.63, 3.8) is 0 Å². The number of aromatic carboxylic acids is 1. The van der Waals surface area contributed by atoms with Crippen molar-refractivity contribution in [2.75, 3.05) is 6.61 Å². The Morgan fingerprint density at radius 1 is 1.12 bits per heavy atom. The van der Waals surface area contributed by atoms with Gasteiger partial charge in [0.25, 0.3) is 0 Å². The molecule has 0 radical (unpaired) electrons. The van der Waals surface area contributed by atoms with Crippen LogP contribution in [0.15, 0.2) is 60.8 Å². The van der Waals surface area contributed by atoms with Gasteiger partial charge in [-0.15, -0.1) is 0 Å². The van der Waals surface area contributed by atoms with E-state index in [0.717, 1.165) is 18.6 Å². The Kier molecular flexibility index (Phi) is 7.24. The van der Waals surface area contributed by atoms with E-state index in [0.29, 0.717) is 41.4 Å². The van der Waals surface area contributed by atoms with E-state index in [1.54, 1.807) is 41.0 Å². The number of carbonyl (C=O) groups is 1. The van der Waals surface area contributed by atoms with Crippen LogP contribution in [-0.4, -0.2) is 48.3 Å². The topological polar surface area (TPSA) is 136 Å². The number of nitriles is 1. The number of hydrogen-bond acceptors (Lipinski definition) is 8. The molecule has 10 nitrogen and oxygen atoms in total. The molecule has 210 valence electrons. The Bertz CT molecular complexity index is 1850. The molecule has 1 atom stereocenters. The molecular formula is C30H22F2N6O4. The van der Waals surface area contributed by atoms with Gasteiger partial charge in [0.2, 0.25) is 5.88 Å². The van der Waals surface area contributed by atoms with Gasteiger partial charge in [-0.05, 0) is 54.4 Å². The van der Waals surface area contributed by atoms with E-state index in [1.807, 2.05) is 6.07 Å². The molecule has 1 saturated heterocycles. The lowest BCUT2D eigenvalue weighted by Gasteiger charge is -2.27. The smallest absolute Gasteiger partial charge is 0.354 e. The molecule has 1 N–H and O–H groups in total. The number of carboxylic acid groups (broad SMARTS) is 1. The van der Waals surface area contributed by atoms with E-state index in [4.69, 9.17) is 14.7 Å². The van der Waals surface area contributed by atoms with Crippen LogP contribution in [0.2, 0.25) is 0 Å². The molecular weight excluding hydrogens is 546 g/mol. The average molecular weight is 569 g/mol. The molecule has 0 saturated carbocycles. The summed E-state index contributed by atoms with van der Waals surface area (Å²) in [7, 11) is 0. The second-order valence-corrected chi connectivity index (χ2v) is 9.66. The molecule has 1 fully saturated rings. The van der Waals surface area contributed by atoms with Crippen LogP contribution in [0.1, 0.15) is 39.6 Å². The van der Waals surface area contributed by atoms with Gasteiger partial charge < -0.3 is 19.1 Å². The van der Waals surface area contributed by atoms with Crippen molar-refractivity contribution in [3.05, 3.63) is 101 Å². The average Bonchev–Trinajstić information content (AvgIpc) is 3.31. The fourth-order valence-corrected chi connectivity index (χ4v) is 4.59. The number of halogens is 2. The maximum atomic E-state index is 15.4. The molecule has 0 amide bonds. The van der Waals surface area contributed by atoms with Gasteiger partial charge >= 0.3 is 5.97 Å². The van der Waals surface area contributed by atoms with Gasteiger partial charge in [-0.25, -0.2) is 28.5 Å². The lowest BCUT2D eigenvalue weighted by molar-refractivity contribution is -0.0590. The molecule has 1 aromatic carbocycles. The minimum Gasteiger partial charge on any atom is -0.477 e. The van der Waals surface area contributed by atoms with E-state index >= 15 is 8.78 Å². The second kappa shape index (κ2) is 11.3. The number of hydrogen-bond donors (Lipinski definition) is 1. The van der Waals surface area contributed by atoms with E-state index in [2.05, 4.69) is 19.9 Å². The number of ether oxygens (including phenoxy) is 2. The maximum absolute atomic E-state index is 15.4. The summed E-state index contributed by atoms with van der Waals surface area (Å²) in [5, 5.41) is 18.3. The zero-order valence-electron chi connectivity index (χ0n) is 22.0. The van der Waals surface area contributed by atoms with Crippen LogP contribution >= 0.6 is 0 Å². The fraction of sp³-hybridized carbons (Fsp3) is 0.200. The summed E-state index contributed by atoms with van der Waals surface area (Å²) in [6.45, 7) is 1.06. The number of rotatable bonds is 9. The first-order valence-corrected chi connectivity index (χ1v) is 13.0. The van der Waals surface area contributed by atoms with Gasteiger partial charge in [-0.1, -0.05) is 6.07 Å². The summed E-state index contributed by atoms with van der Waals surface area (Å²) in [5.74, 6) is -1.90. The third kappa shape index (κ3) is 5.50. The molecule has 5 aromatic rings. The van der Waals surface area contributed by atoms with Crippen LogP contribution in [0.5, 0.6) is 5.88 Å². The van der Waals surface area contributed by atoms with Gasteiger partial charge in [0.1, 0.15) is 35.7 Å². The first-order chi connectivity index (χ1) is 20.4. The van der Waals surface area contributed by atoms with Crippen molar-refractivity contribution in [1.82, 2.24) is 24.5 Å². The van der Waals surface area contributed by atoms with Crippen LogP contribution in [0.3, 0.4) is 0 Å². The summed E-state index contributed by atoms with van der Waals surface area (Å²) in [4.78, 5) is 28.7. The van der Waals surface area contributed by atoms with Crippen molar-refractivity contribution in [2.45, 2.75) is 32.1 Å². The summed E-state index contributed by atoms with van der Waals surface area (Å²) in [6.07, 6.45) is 2.09. The SMILES string of the molecule is N#Cc1ccc(COc2cccc(-c3cc(F)c(Cc4nc5ccc(C(=O)O)nc5n4C[C@@H]4CCO4)cc3F)n2)nc1. The third-order valence-electron chi connectivity index (χ3n) is 6.88. The zero-order valence-corrected chi connectivity index (χ0v) is 22.0. The molecule has 1 aliphatic heterocycles. The predicted molar refractivity (Wildman–Crippen MR) is 145 cm³/mol. The minimum absolute atomic E-state index is 0.0395. The number of carboxylic acids is 1. The Labute approximate surface area is 237 Å². The molecule has 0 aliphatic carbocycles. The minimum atomic E-state index is -1.18. The molecule has 4 aromatic heterocycles. The largest absolute Gasteiger partial charge is 0.477 e. The van der Waals surface area contributed by atoms with Gasteiger partial charge in [0.15, 0.2) is 11.3 Å². The number of pyridine rings is 3.